The van der Waals surface area contributed by atoms with Crippen LogP contribution >= 0.6 is 0 Å². The van der Waals surface area contributed by atoms with Crippen LogP contribution in [0.15, 0.2) is 170 Å². The minimum atomic E-state index is -0.826. The zero-order valence-corrected chi connectivity index (χ0v) is 48.4. The molecule has 6 heteroatoms. The Morgan fingerprint density at radius 3 is 0.855 bits per heavy atom. The molecule has 424 valence electrons. The monoisotopic (exact) mass is 1040 g/mol. The molecule has 0 amide bonds. The highest BCUT2D eigenvalue weighted by Gasteiger charge is 2.19. The van der Waals surface area contributed by atoms with E-state index in [-0.39, 0.29) is 37.5 Å². The van der Waals surface area contributed by atoms with Gasteiger partial charge in [-0.3, -0.25) is 14.4 Å². The topological polar surface area (TPSA) is 78.9 Å². The molecule has 0 heterocycles. The summed E-state index contributed by atoms with van der Waals surface area (Å²) in [5.74, 6) is -1.01. The maximum absolute atomic E-state index is 12.8. The largest absolute Gasteiger partial charge is 0.462 e. The van der Waals surface area contributed by atoms with Crippen molar-refractivity contribution in [3.63, 3.8) is 0 Å². The van der Waals surface area contributed by atoms with Crippen molar-refractivity contribution in [2.24, 2.45) is 0 Å². The third-order valence-electron chi connectivity index (χ3n) is 11.9. The Balaban J connectivity index is 4.37. The fraction of sp³-hybridized carbons (Fsp3) is 0.557. The van der Waals surface area contributed by atoms with Gasteiger partial charge >= 0.3 is 17.9 Å². The van der Waals surface area contributed by atoms with Crippen molar-refractivity contribution in [2.45, 2.75) is 239 Å². The van der Waals surface area contributed by atoms with Crippen LogP contribution in [0.4, 0.5) is 0 Å². The lowest BCUT2D eigenvalue weighted by molar-refractivity contribution is -0.167. The molecule has 0 aromatic carbocycles. The fourth-order valence-corrected chi connectivity index (χ4v) is 7.49. The molecule has 0 saturated heterocycles. The minimum absolute atomic E-state index is 0.117. The molecule has 0 saturated carbocycles. The van der Waals surface area contributed by atoms with E-state index in [0.717, 1.165) is 161 Å². The molecule has 0 aromatic heterocycles. The van der Waals surface area contributed by atoms with Crippen molar-refractivity contribution in [3.05, 3.63) is 170 Å². The minimum Gasteiger partial charge on any atom is -0.462 e. The van der Waals surface area contributed by atoms with Gasteiger partial charge in [-0.1, -0.05) is 242 Å². The Bertz CT molecular complexity index is 1770. The maximum Gasteiger partial charge on any atom is 0.306 e. The van der Waals surface area contributed by atoms with E-state index >= 15 is 0 Å². The standard InChI is InChI=1S/C70H108O6/c1-4-7-10-13-16-19-22-24-26-28-29-30-31-32-33-34-35-36-37-38-39-40-41-43-44-46-48-51-54-57-60-63-69(72)75-66-67(65-74-68(71)62-59-56-53-50-21-18-15-12-9-6-3)76-70(73)64-61-58-55-52-49-47-45-42-27-25-23-20-17-14-11-8-5-2/h7-8,10-12,15-17,19-20,24-27,29-30,32-33,35-36,38-39,41,43,45,47,52,55,67H,4-6,9,13-14,18,21-23,28,31,34,37,40,42,44,46,48-51,53-54,56-66H2,1-3H3/b10-7-,11-8-,15-12-,19-16-,20-17-,26-24-,27-25-,30-29-,33-32-,36-35-,39-38-,43-41-,47-45-,55-52-. The zero-order chi connectivity index (χ0) is 55.0. The lowest BCUT2D eigenvalue weighted by Gasteiger charge is -2.18. The molecular weight excluding hydrogens is 937 g/mol. The number of ether oxygens (including phenoxy) is 3. The Hall–Kier alpha value is -5.23. The van der Waals surface area contributed by atoms with Crippen LogP contribution in [0, 0.1) is 0 Å². The van der Waals surface area contributed by atoms with E-state index in [4.69, 9.17) is 14.2 Å². The summed E-state index contributed by atoms with van der Waals surface area (Å²) in [4.78, 5) is 38.1. The maximum atomic E-state index is 12.8. The van der Waals surface area contributed by atoms with Crippen LogP contribution in [-0.4, -0.2) is 37.2 Å². The van der Waals surface area contributed by atoms with Gasteiger partial charge in [0.05, 0.1) is 0 Å². The Labute approximate surface area is 466 Å². The first-order valence-electron chi connectivity index (χ1n) is 30.1. The molecule has 76 heavy (non-hydrogen) atoms. The van der Waals surface area contributed by atoms with Crippen LogP contribution in [0.25, 0.3) is 0 Å². The molecule has 0 aliphatic heterocycles. The second-order valence-corrected chi connectivity index (χ2v) is 19.1. The first-order chi connectivity index (χ1) is 37.5. The van der Waals surface area contributed by atoms with Gasteiger partial charge in [-0.15, -0.1) is 0 Å². The van der Waals surface area contributed by atoms with Crippen molar-refractivity contribution in [2.75, 3.05) is 13.2 Å². The van der Waals surface area contributed by atoms with Gasteiger partial charge in [-0.2, -0.15) is 0 Å². The lowest BCUT2D eigenvalue weighted by atomic mass is 10.1. The molecule has 0 bridgehead atoms. The fourth-order valence-electron chi connectivity index (χ4n) is 7.49. The van der Waals surface area contributed by atoms with Crippen LogP contribution in [0.5, 0.6) is 0 Å². The number of esters is 3. The molecule has 0 N–H and O–H groups in total. The van der Waals surface area contributed by atoms with Gasteiger partial charge in [0.25, 0.3) is 0 Å². The summed E-state index contributed by atoms with van der Waals surface area (Å²) in [5.41, 5.74) is 0. The second-order valence-electron chi connectivity index (χ2n) is 19.1. The average Bonchev–Trinajstić information content (AvgIpc) is 3.42. The summed E-state index contributed by atoms with van der Waals surface area (Å²) in [6.07, 6.45) is 92.2. The first kappa shape index (κ1) is 70.8. The molecule has 0 rings (SSSR count). The van der Waals surface area contributed by atoms with Crippen molar-refractivity contribution in [1.29, 1.82) is 0 Å². The molecular formula is C70H108O6. The van der Waals surface area contributed by atoms with Gasteiger partial charge in [0.2, 0.25) is 0 Å². The molecule has 0 aliphatic rings. The first-order valence-corrected chi connectivity index (χ1v) is 30.1. The molecule has 0 spiro atoms. The van der Waals surface area contributed by atoms with Gasteiger partial charge < -0.3 is 14.2 Å². The smallest absolute Gasteiger partial charge is 0.306 e. The Kier molecular flexibility index (Phi) is 58.0. The van der Waals surface area contributed by atoms with Gasteiger partial charge in [-0.05, 0) is 141 Å². The highest BCUT2D eigenvalue weighted by molar-refractivity contribution is 5.71. The summed E-state index contributed by atoms with van der Waals surface area (Å²) < 4.78 is 16.8. The highest BCUT2D eigenvalue weighted by atomic mass is 16.6. The van der Waals surface area contributed by atoms with Crippen molar-refractivity contribution >= 4 is 17.9 Å². The molecule has 1 unspecified atom stereocenters. The van der Waals surface area contributed by atoms with Gasteiger partial charge in [0, 0.05) is 19.3 Å². The summed E-state index contributed by atoms with van der Waals surface area (Å²) in [6, 6.07) is 0. The SMILES string of the molecule is CC/C=C\C/C=C\C/C=C\C/C=C\C/C=C\C/C=C\C/C=C\C/C=C\CCCCCCCCC(=O)OCC(COC(=O)CCCCCCC/C=C\CCC)OC(=O)CCC/C=C\C/C=C\C/C=C\C/C=C\C/C=C\CC. The van der Waals surface area contributed by atoms with Gasteiger partial charge in [-0.25, -0.2) is 0 Å². The van der Waals surface area contributed by atoms with Crippen LogP contribution in [0.1, 0.15) is 233 Å². The number of carbonyl (C=O) groups is 3. The normalized spacial score (nSPS) is 13.4. The molecule has 6 nitrogen and oxygen atoms in total. The molecule has 0 aromatic rings. The van der Waals surface area contributed by atoms with E-state index in [2.05, 4.69) is 191 Å². The number of unbranched alkanes of at least 4 members (excludes halogenated alkanes) is 13. The van der Waals surface area contributed by atoms with Crippen molar-refractivity contribution in [3.8, 4) is 0 Å². The zero-order valence-electron chi connectivity index (χ0n) is 48.4. The quantitative estimate of drug-likeness (QED) is 0.0261. The Morgan fingerprint density at radius 2 is 0.526 bits per heavy atom. The molecule has 1 atom stereocenters. The summed E-state index contributed by atoms with van der Waals surface area (Å²) >= 11 is 0. The van der Waals surface area contributed by atoms with Gasteiger partial charge in [0.1, 0.15) is 13.2 Å². The third-order valence-corrected chi connectivity index (χ3v) is 11.9. The van der Waals surface area contributed by atoms with Crippen molar-refractivity contribution < 1.29 is 28.6 Å². The van der Waals surface area contributed by atoms with E-state index in [1.807, 2.05) is 0 Å². The predicted molar refractivity (Wildman–Crippen MR) is 329 cm³/mol. The van der Waals surface area contributed by atoms with Crippen LogP contribution in [0.2, 0.25) is 0 Å². The molecule has 0 fully saturated rings. The molecule has 0 aliphatic carbocycles. The van der Waals surface area contributed by atoms with Gasteiger partial charge in [0.15, 0.2) is 6.10 Å². The van der Waals surface area contributed by atoms with E-state index in [1.54, 1.807) is 0 Å². The van der Waals surface area contributed by atoms with E-state index in [0.29, 0.717) is 19.3 Å². The predicted octanol–water partition coefficient (Wildman–Crippen LogP) is 20.7. The van der Waals surface area contributed by atoms with Crippen LogP contribution < -0.4 is 0 Å². The number of hydrogen-bond donors (Lipinski definition) is 0. The summed E-state index contributed by atoms with van der Waals surface area (Å²) in [5, 5.41) is 0. The highest BCUT2D eigenvalue weighted by Crippen LogP contribution is 2.13. The van der Waals surface area contributed by atoms with E-state index in [1.165, 1.54) is 25.7 Å². The third kappa shape index (κ3) is 59.6. The number of allylic oxidation sites excluding steroid dienone is 28. The summed E-state index contributed by atoms with van der Waals surface area (Å²) in [7, 11) is 0. The van der Waals surface area contributed by atoms with Crippen LogP contribution in [0.3, 0.4) is 0 Å². The average molecular weight is 1050 g/mol. The Morgan fingerprint density at radius 1 is 0.276 bits per heavy atom. The van der Waals surface area contributed by atoms with E-state index in [9.17, 15) is 14.4 Å². The van der Waals surface area contributed by atoms with Crippen LogP contribution in [-0.2, 0) is 28.6 Å². The second kappa shape index (κ2) is 62.3. The summed E-state index contributed by atoms with van der Waals surface area (Å²) in [6.45, 7) is 6.26. The number of hydrogen-bond acceptors (Lipinski definition) is 6. The lowest BCUT2D eigenvalue weighted by Crippen LogP contribution is -2.30. The van der Waals surface area contributed by atoms with Crippen molar-refractivity contribution in [1.82, 2.24) is 0 Å². The van der Waals surface area contributed by atoms with E-state index < -0.39 is 6.10 Å². The number of carbonyl (C=O) groups excluding carboxylic acids is 3. The number of rotatable bonds is 52. The molecule has 0 radical (unpaired) electrons.